The number of carbonyl (C=O) groups excluding carboxylic acids is 4. The van der Waals surface area contributed by atoms with E-state index < -0.39 is 40.9 Å². The van der Waals surface area contributed by atoms with Gasteiger partial charge in [-0.3, -0.25) is 9.59 Å². The van der Waals surface area contributed by atoms with E-state index >= 15 is 0 Å². The number of amides is 3. The molecular weight excluding hydrogens is 585 g/mol. The number of ether oxygens (including phenoxy) is 1. The first kappa shape index (κ1) is 33.4. The Morgan fingerprint density at radius 3 is 2.45 bits per heavy atom. The Morgan fingerprint density at radius 1 is 1.09 bits per heavy atom. The fourth-order valence-electron chi connectivity index (χ4n) is 6.53. The van der Waals surface area contributed by atoms with Crippen LogP contribution in [-0.2, 0) is 24.5 Å². The molecule has 1 saturated heterocycles. The van der Waals surface area contributed by atoms with Crippen LogP contribution in [0.1, 0.15) is 89.4 Å². The van der Waals surface area contributed by atoms with Gasteiger partial charge in [0.1, 0.15) is 23.7 Å². The van der Waals surface area contributed by atoms with Crippen molar-refractivity contribution in [2.75, 3.05) is 6.54 Å². The second-order valence-electron chi connectivity index (χ2n) is 13.0. The van der Waals surface area contributed by atoms with Crippen LogP contribution < -0.4 is 16.0 Å². The zero-order valence-electron chi connectivity index (χ0n) is 25.7. The lowest BCUT2D eigenvalue weighted by molar-refractivity contribution is -0.131. The van der Waals surface area contributed by atoms with Crippen molar-refractivity contribution in [3.63, 3.8) is 0 Å². The molecule has 0 unspecified atom stereocenters. The molecule has 1 aliphatic heterocycles. The van der Waals surface area contributed by atoms with E-state index in [1.165, 1.54) is 12.1 Å². The summed E-state index contributed by atoms with van der Waals surface area (Å²) in [6.07, 6.45) is 5.02. The molecule has 238 valence electrons. The van der Waals surface area contributed by atoms with E-state index in [0.29, 0.717) is 36.3 Å². The van der Waals surface area contributed by atoms with Gasteiger partial charge in [-0.15, -0.1) is 0 Å². The van der Waals surface area contributed by atoms with Crippen molar-refractivity contribution in [1.82, 2.24) is 16.0 Å². The quantitative estimate of drug-likeness (QED) is 0.244. The highest BCUT2D eigenvalue weighted by Gasteiger charge is 2.42. The van der Waals surface area contributed by atoms with Crippen molar-refractivity contribution >= 4 is 35.8 Å². The Labute approximate surface area is 263 Å². The van der Waals surface area contributed by atoms with Crippen molar-refractivity contribution in [3.05, 3.63) is 70.5 Å². The lowest BCUT2D eigenvalue weighted by atomic mass is 9.76. The number of alkyl carbamates (subject to hydrolysis) is 1. The van der Waals surface area contributed by atoms with Gasteiger partial charge in [0.2, 0.25) is 11.8 Å². The van der Waals surface area contributed by atoms with Crippen molar-refractivity contribution in [3.8, 4) is 0 Å². The molecule has 3 N–H and O–H groups in total. The van der Waals surface area contributed by atoms with Gasteiger partial charge in [-0.25, -0.2) is 9.18 Å². The maximum atomic E-state index is 14.4. The Kier molecular flexibility index (Phi) is 11.1. The van der Waals surface area contributed by atoms with E-state index in [9.17, 15) is 23.6 Å². The van der Waals surface area contributed by atoms with Crippen molar-refractivity contribution < 1.29 is 28.3 Å². The van der Waals surface area contributed by atoms with Gasteiger partial charge in [0.15, 0.2) is 0 Å². The molecule has 4 rings (SSSR count). The van der Waals surface area contributed by atoms with Gasteiger partial charge in [-0.05, 0) is 67.5 Å². The highest BCUT2D eigenvalue weighted by atomic mass is 35.5. The number of carbonyl (C=O) groups is 4. The first-order valence-corrected chi connectivity index (χ1v) is 15.8. The largest absolute Gasteiger partial charge is 0.440 e. The van der Waals surface area contributed by atoms with Gasteiger partial charge in [-0.1, -0.05) is 81.8 Å². The molecule has 3 amide bonds. The van der Waals surface area contributed by atoms with E-state index in [0.717, 1.165) is 37.7 Å². The summed E-state index contributed by atoms with van der Waals surface area (Å²) >= 11 is 6.29. The zero-order chi connectivity index (χ0) is 31.9. The predicted molar refractivity (Wildman–Crippen MR) is 167 cm³/mol. The highest BCUT2D eigenvalue weighted by molar-refractivity contribution is 6.30. The van der Waals surface area contributed by atoms with Gasteiger partial charge in [0.05, 0.1) is 6.04 Å². The molecular formula is C34H43ClFN3O5. The Morgan fingerprint density at radius 2 is 1.82 bits per heavy atom. The third-order valence-electron chi connectivity index (χ3n) is 9.08. The van der Waals surface area contributed by atoms with Crippen LogP contribution in [0.3, 0.4) is 0 Å². The summed E-state index contributed by atoms with van der Waals surface area (Å²) in [5, 5.41) is 8.88. The number of aldehydes is 1. The molecule has 1 aliphatic carbocycles. The summed E-state index contributed by atoms with van der Waals surface area (Å²) in [6, 6.07) is 12.2. The molecule has 4 atom stereocenters. The smallest absolute Gasteiger partial charge is 0.408 e. The lowest BCUT2D eigenvalue weighted by Crippen LogP contribution is -2.60. The number of nitrogens with one attached hydrogen (secondary N) is 3. The first-order valence-electron chi connectivity index (χ1n) is 15.5. The molecule has 2 aliphatic rings. The van der Waals surface area contributed by atoms with Crippen LogP contribution in [0.5, 0.6) is 0 Å². The lowest BCUT2D eigenvalue weighted by Gasteiger charge is -2.38. The van der Waals surface area contributed by atoms with Crippen molar-refractivity contribution in [2.45, 2.75) is 95.2 Å². The molecule has 44 heavy (non-hydrogen) atoms. The second kappa shape index (κ2) is 14.5. The molecule has 0 spiro atoms. The fourth-order valence-corrected chi connectivity index (χ4v) is 6.72. The van der Waals surface area contributed by atoms with Gasteiger partial charge in [0, 0.05) is 22.9 Å². The minimum Gasteiger partial charge on any atom is -0.440 e. The van der Waals surface area contributed by atoms with Crippen LogP contribution in [0, 0.1) is 17.7 Å². The van der Waals surface area contributed by atoms with Crippen LogP contribution in [0.4, 0.5) is 9.18 Å². The molecule has 1 heterocycles. The minimum atomic E-state index is -1.41. The third kappa shape index (κ3) is 8.37. The Bertz CT molecular complexity index is 1350. The number of hydrogen-bond acceptors (Lipinski definition) is 5. The summed E-state index contributed by atoms with van der Waals surface area (Å²) in [6.45, 7) is 5.93. The number of rotatable bonds is 12. The normalized spacial score (nSPS) is 20.1. The van der Waals surface area contributed by atoms with Crippen molar-refractivity contribution in [2.24, 2.45) is 11.8 Å². The average molecular weight is 628 g/mol. The molecule has 0 aromatic heterocycles. The van der Waals surface area contributed by atoms with Gasteiger partial charge >= 0.3 is 6.09 Å². The second-order valence-corrected chi connectivity index (χ2v) is 13.4. The third-order valence-corrected chi connectivity index (χ3v) is 9.32. The number of hydrogen-bond donors (Lipinski definition) is 3. The first-order chi connectivity index (χ1) is 20.9. The van der Waals surface area contributed by atoms with E-state index in [1.807, 2.05) is 19.9 Å². The van der Waals surface area contributed by atoms with Gasteiger partial charge < -0.3 is 25.5 Å². The van der Waals surface area contributed by atoms with E-state index in [1.54, 1.807) is 37.3 Å². The van der Waals surface area contributed by atoms with E-state index in [2.05, 4.69) is 16.0 Å². The van der Waals surface area contributed by atoms with Gasteiger partial charge in [-0.2, -0.15) is 0 Å². The summed E-state index contributed by atoms with van der Waals surface area (Å²) in [5.74, 6) is -1.31. The summed E-state index contributed by atoms with van der Waals surface area (Å²) < 4.78 is 20.5. The predicted octanol–water partition coefficient (Wildman–Crippen LogP) is 6.16. The van der Waals surface area contributed by atoms with Crippen LogP contribution >= 0.6 is 11.6 Å². The fraction of sp³-hybridized carbons (Fsp3) is 0.529. The highest BCUT2D eigenvalue weighted by Crippen LogP contribution is 2.41. The van der Waals surface area contributed by atoms with E-state index in [-0.39, 0.29) is 24.2 Å². The zero-order valence-corrected chi connectivity index (χ0v) is 26.4. The molecule has 2 fully saturated rings. The Balaban J connectivity index is 1.59. The summed E-state index contributed by atoms with van der Waals surface area (Å²) in [7, 11) is 0. The molecule has 8 nitrogen and oxygen atoms in total. The monoisotopic (exact) mass is 627 g/mol. The molecule has 2 aromatic carbocycles. The maximum Gasteiger partial charge on any atom is 0.408 e. The Hall–Kier alpha value is -3.46. The molecule has 0 bridgehead atoms. The van der Waals surface area contributed by atoms with Gasteiger partial charge in [0.25, 0.3) is 0 Å². The molecule has 1 saturated carbocycles. The molecule has 2 aromatic rings. The maximum absolute atomic E-state index is 14.4. The minimum absolute atomic E-state index is 0.136. The number of benzene rings is 2. The van der Waals surface area contributed by atoms with Crippen molar-refractivity contribution in [1.29, 1.82) is 0 Å². The van der Waals surface area contributed by atoms with Crippen LogP contribution in [-0.4, -0.2) is 42.3 Å². The number of halogens is 2. The van der Waals surface area contributed by atoms with Crippen LogP contribution in [0.2, 0.25) is 5.02 Å². The van der Waals surface area contributed by atoms with E-state index in [4.69, 9.17) is 16.3 Å². The summed E-state index contributed by atoms with van der Waals surface area (Å²) in [5.41, 5.74) is -1.04. The van der Waals surface area contributed by atoms with Crippen LogP contribution in [0.25, 0.3) is 0 Å². The summed E-state index contributed by atoms with van der Waals surface area (Å²) in [4.78, 5) is 51.7. The van der Waals surface area contributed by atoms with Crippen LogP contribution in [0.15, 0.2) is 48.5 Å². The molecule has 0 radical (unpaired) electrons. The molecule has 10 heteroatoms. The average Bonchev–Trinajstić information content (AvgIpc) is 3.39. The topological polar surface area (TPSA) is 114 Å². The standard InChI is InChI=1S/C34H43ClFN3O5/c1-33(2,25-12-8-13-26(35)19-25)29(23-11-7-14-27(36)17-23)44-32(43)39-34(3,20-22-9-5-4-6-10-22)31(42)38-28(21-40)18-24-15-16-37-30(24)41/h7-8,11-14,17,19,21-22,24,28-29H,4-6,9-10,15-16,18,20H2,1-3H3,(H,37,41)(H,38,42)(H,39,43)/t24-,28-,29+,34+/m0/s1. The SMILES string of the molecule is CC(C)(c1cccc(Cl)c1)[C@H](OC(=O)N[C@](C)(CC1CCCCC1)C(=O)N[C@H](C=O)C[C@@H]1CCNC1=O)c1cccc(F)c1.